The van der Waals surface area contributed by atoms with E-state index in [1.165, 1.54) is 0 Å². The molecule has 0 saturated heterocycles. The average Bonchev–Trinajstić information content (AvgIpc) is 2.68. The van der Waals surface area contributed by atoms with Gasteiger partial charge in [-0.15, -0.1) is 6.58 Å². The minimum Gasteiger partial charge on any atom is -0.343 e. The molecule has 2 heterocycles. The molecule has 0 bridgehead atoms. The van der Waals surface area contributed by atoms with Crippen molar-refractivity contribution in [3.05, 3.63) is 42.9 Å². The summed E-state index contributed by atoms with van der Waals surface area (Å²) in [5.74, 6) is -0.527. The van der Waals surface area contributed by atoms with E-state index in [4.69, 9.17) is 0 Å². The lowest BCUT2D eigenvalue weighted by molar-refractivity contribution is -0.104. The first-order valence-electron chi connectivity index (χ1n) is 4.81. The summed E-state index contributed by atoms with van der Waals surface area (Å²) in [6, 6.07) is 1.81. The Morgan fingerprint density at radius 1 is 1.56 bits per heavy atom. The fourth-order valence-corrected chi connectivity index (χ4v) is 1.69. The van der Waals surface area contributed by atoms with Crippen LogP contribution < -0.4 is 0 Å². The largest absolute Gasteiger partial charge is 0.343 e. The number of Topliss-reactive ketones (excluding diaryl/α,β-unsaturated/α-hetero) is 1. The predicted molar refractivity (Wildman–Crippen MR) is 60.3 cm³/mol. The van der Waals surface area contributed by atoms with Crippen molar-refractivity contribution in [1.82, 2.24) is 9.55 Å². The van der Waals surface area contributed by atoms with Crippen LogP contribution in [-0.4, -0.2) is 21.6 Å². The highest BCUT2D eigenvalue weighted by molar-refractivity contribution is 6.36. The smallest absolute Gasteiger partial charge is 0.227 e. The van der Waals surface area contributed by atoms with Crippen LogP contribution in [0.2, 0.25) is 0 Å². The highest BCUT2D eigenvalue weighted by Crippen LogP contribution is 2.20. The minimum atomic E-state index is -0.527. The molecular weight excluding hydrogens is 204 g/mol. The van der Waals surface area contributed by atoms with Gasteiger partial charge in [-0.3, -0.25) is 14.6 Å². The van der Waals surface area contributed by atoms with Crippen molar-refractivity contribution >= 4 is 23.0 Å². The number of nitrogens with zero attached hydrogens (tertiary/aromatic N) is 2. The Hall–Kier alpha value is -2.23. The molecule has 0 N–H and O–H groups in total. The number of hydrogen-bond acceptors (Lipinski definition) is 3. The third kappa shape index (κ3) is 1.54. The molecule has 0 fully saturated rings. The van der Waals surface area contributed by atoms with Crippen LogP contribution in [0.15, 0.2) is 37.3 Å². The van der Waals surface area contributed by atoms with Gasteiger partial charge in [0.1, 0.15) is 0 Å². The van der Waals surface area contributed by atoms with Crippen LogP contribution >= 0.6 is 0 Å². The lowest BCUT2D eigenvalue weighted by atomic mass is 10.1. The summed E-state index contributed by atoms with van der Waals surface area (Å²) >= 11 is 0. The molecule has 4 nitrogen and oxygen atoms in total. The predicted octanol–water partition coefficient (Wildman–Crippen LogP) is 1.60. The van der Waals surface area contributed by atoms with Gasteiger partial charge in [0.2, 0.25) is 5.78 Å². The monoisotopic (exact) mass is 214 g/mol. The maximum absolute atomic E-state index is 11.4. The second kappa shape index (κ2) is 4.10. The van der Waals surface area contributed by atoms with Gasteiger partial charge in [0, 0.05) is 30.5 Å². The highest BCUT2D eigenvalue weighted by atomic mass is 16.2. The highest BCUT2D eigenvalue weighted by Gasteiger charge is 2.13. The van der Waals surface area contributed by atoms with E-state index < -0.39 is 5.78 Å². The third-order valence-electron chi connectivity index (χ3n) is 2.38. The first-order chi connectivity index (χ1) is 7.77. The molecule has 80 valence electrons. The Morgan fingerprint density at radius 3 is 3.06 bits per heavy atom. The van der Waals surface area contributed by atoms with E-state index in [-0.39, 0.29) is 0 Å². The Bertz CT molecular complexity index is 569. The van der Waals surface area contributed by atoms with Gasteiger partial charge < -0.3 is 4.57 Å². The molecule has 0 spiro atoms. The van der Waals surface area contributed by atoms with Crippen LogP contribution in [0, 0.1) is 0 Å². The fourth-order valence-electron chi connectivity index (χ4n) is 1.69. The summed E-state index contributed by atoms with van der Waals surface area (Å²) in [6.07, 6.45) is 6.95. The van der Waals surface area contributed by atoms with Gasteiger partial charge in [0.25, 0.3) is 0 Å². The summed E-state index contributed by atoms with van der Waals surface area (Å²) in [4.78, 5) is 25.9. The standard InChI is InChI=1S/C12H10N2O2/c1-2-5-14-7-10(12(16)8-15)9-6-13-4-3-11(9)14/h2-4,6-8H,1,5H2. The molecular formula is C12H10N2O2. The van der Waals surface area contributed by atoms with Gasteiger partial charge in [-0.2, -0.15) is 0 Å². The Balaban J connectivity index is 2.70. The number of aldehydes is 1. The maximum atomic E-state index is 11.4. The molecule has 16 heavy (non-hydrogen) atoms. The van der Waals surface area contributed by atoms with Crippen molar-refractivity contribution in [2.45, 2.75) is 6.54 Å². The van der Waals surface area contributed by atoms with Gasteiger partial charge in [0.15, 0.2) is 6.29 Å². The maximum Gasteiger partial charge on any atom is 0.227 e. The Labute approximate surface area is 92.2 Å². The third-order valence-corrected chi connectivity index (χ3v) is 2.38. The van der Waals surface area contributed by atoms with Crippen molar-refractivity contribution in [1.29, 1.82) is 0 Å². The number of ketones is 1. The number of aromatic nitrogens is 2. The Morgan fingerprint density at radius 2 is 2.38 bits per heavy atom. The first kappa shape index (κ1) is 10.3. The molecule has 0 atom stereocenters. The van der Waals surface area contributed by atoms with Crippen LogP contribution in [0.5, 0.6) is 0 Å². The van der Waals surface area contributed by atoms with E-state index >= 15 is 0 Å². The van der Waals surface area contributed by atoms with Gasteiger partial charge in [-0.05, 0) is 6.07 Å². The van der Waals surface area contributed by atoms with E-state index in [1.54, 1.807) is 30.7 Å². The number of pyridine rings is 1. The van der Waals surface area contributed by atoms with Crippen molar-refractivity contribution in [3.63, 3.8) is 0 Å². The summed E-state index contributed by atoms with van der Waals surface area (Å²) in [5.41, 5.74) is 1.26. The molecule has 4 heteroatoms. The van der Waals surface area contributed by atoms with Crippen LogP contribution in [-0.2, 0) is 11.3 Å². The fraction of sp³-hybridized carbons (Fsp3) is 0.0833. The molecule has 0 aromatic carbocycles. The second-order valence-electron chi connectivity index (χ2n) is 3.36. The quantitative estimate of drug-likeness (QED) is 0.336. The lowest BCUT2D eigenvalue weighted by Crippen LogP contribution is -1.98. The molecule has 2 aromatic heterocycles. The van der Waals surface area contributed by atoms with E-state index in [0.29, 0.717) is 23.8 Å². The topological polar surface area (TPSA) is 52.0 Å². The SMILES string of the molecule is C=CCn1cc(C(=O)C=O)c2cnccc21. The average molecular weight is 214 g/mol. The van der Waals surface area contributed by atoms with Gasteiger partial charge in [-0.25, -0.2) is 0 Å². The van der Waals surface area contributed by atoms with Crippen molar-refractivity contribution in [3.8, 4) is 0 Å². The van der Waals surface area contributed by atoms with Gasteiger partial charge in [0.05, 0.1) is 11.1 Å². The molecule has 2 aromatic rings. The molecule has 0 amide bonds. The van der Waals surface area contributed by atoms with Crippen LogP contribution in [0.25, 0.3) is 10.9 Å². The van der Waals surface area contributed by atoms with E-state index in [9.17, 15) is 9.59 Å². The molecule has 0 aliphatic heterocycles. The number of carbonyl (C=O) groups is 2. The minimum absolute atomic E-state index is 0.319. The zero-order chi connectivity index (χ0) is 11.5. The van der Waals surface area contributed by atoms with Crippen LogP contribution in [0.3, 0.4) is 0 Å². The molecule has 0 aliphatic carbocycles. The molecule has 0 aliphatic rings. The lowest BCUT2D eigenvalue weighted by Gasteiger charge is -1.98. The number of rotatable bonds is 4. The van der Waals surface area contributed by atoms with Crippen molar-refractivity contribution < 1.29 is 9.59 Å². The number of allylic oxidation sites excluding steroid dienone is 1. The zero-order valence-electron chi connectivity index (χ0n) is 8.59. The zero-order valence-corrected chi connectivity index (χ0v) is 8.59. The van der Waals surface area contributed by atoms with E-state index in [2.05, 4.69) is 11.6 Å². The first-order valence-corrected chi connectivity index (χ1v) is 4.81. The molecule has 0 radical (unpaired) electrons. The number of fused-ring (bicyclic) bond motifs is 1. The van der Waals surface area contributed by atoms with Gasteiger partial charge in [-0.1, -0.05) is 6.08 Å². The number of hydrogen-bond donors (Lipinski definition) is 0. The normalized spacial score (nSPS) is 10.2. The van der Waals surface area contributed by atoms with Crippen molar-refractivity contribution in [2.24, 2.45) is 0 Å². The van der Waals surface area contributed by atoms with E-state index in [0.717, 1.165) is 5.52 Å². The number of carbonyl (C=O) groups excluding carboxylic acids is 2. The molecule has 2 rings (SSSR count). The molecule has 0 unspecified atom stereocenters. The Kier molecular flexibility index (Phi) is 2.64. The second-order valence-corrected chi connectivity index (χ2v) is 3.36. The summed E-state index contributed by atoms with van der Waals surface area (Å²) in [5, 5.41) is 0.696. The van der Waals surface area contributed by atoms with Crippen LogP contribution in [0.4, 0.5) is 0 Å². The van der Waals surface area contributed by atoms with Crippen molar-refractivity contribution in [2.75, 3.05) is 0 Å². The van der Waals surface area contributed by atoms with E-state index in [1.807, 2.05) is 4.57 Å². The summed E-state index contributed by atoms with van der Waals surface area (Å²) in [6.45, 7) is 4.24. The summed E-state index contributed by atoms with van der Waals surface area (Å²) in [7, 11) is 0. The summed E-state index contributed by atoms with van der Waals surface area (Å²) < 4.78 is 1.86. The van der Waals surface area contributed by atoms with Gasteiger partial charge >= 0.3 is 0 Å². The molecule has 0 saturated carbocycles. The van der Waals surface area contributed by atoms with Crippen LogP contribution in [0.1, 0.15) is 10.4 Å².